The number of imidazole rings is 1. The molecule has 1 N–H and O–H groups in total. The Balaban J connectivity index is 1.29. The highest BCUT2D eigenvalue weighted by Gasteiger charge is 2.17. The zero-order valence-electron chi connectivity index (χ0n) is 28.3. The molecular weight excluding hydrogens is 591 g/mol. The number of ether oxygens (including phenoxy) is 1. The maximum Gasteiger partial charge on any atom is 0.414 e. The first-order chi connectivity index (χ1) is 22.4. The number of carbonyl (C=O) groups is 1. The topological polar surface area (TPSA) is 64.7 Å². The molecule has 8 heteroatoms. The van der Waals surface area contributed by atoms with E-state index in [-0.39, 0.29) is 6.09 Å². The quantitative estimate of drug-likeness (QED) is 0.0862. The minimum absolute atomic E-state index is 0.246. The van der Waals surface area contributed by atoms with Gasteiger partial charge in [0.1, 0.15) is 0 Å². The van der Waals surface area contributed by atoms with Gasteiger partial charge in [0, 0.05) is 68.7 Å². The average Bonchev–Trinajstić information content (AvgIpc) is 3.50. The van der Waals surface area contributed by atoms with Crippen molar-refractivity contribution >= 4 is 34.9 Å². The maximum atomic E-state index is 13.0. The molecule has 0 fully saturated rings. The van der Waals surface area contributed by atoms with E-state index < -0.39 is 0 Å². The van der Waals surface area contributed by atoms with Crippen LogP contribution in [0, 0.1) is 0 Å². The van der Waals surface area contributed by atoms with Crippen molar-refractivity contribution in [3.63, 3.8) is 0 Å². The Kier molecular flexibility index (Phi) is 13.9. The van der Waals surface area contributed by atoms with Gasteiger partial charge in [-0.15, -0.1) is 0 Å². The van der Waals surface area contributed by atoms with E-state index in [1.165, 1.54) is 19.3 Å². The van der Waals surface area contributed by atoms with Crippen molar-refractivity contribution in [2.45, 2.75) is 63.4 Å². The Morgan fingerprint density at radius 3 is 1.96 bits per heavy atom. The van der Waals surface area contributed by atoms with Crippen LogP contribution in [-0.2, 0) is 4.74 Å². The molecule has 0 aliphatic heterocycles. The SMILES string of the molecule is CCCCCCCN(C(=O)OCCCCCSc1nc(-c2ccc(N(C)C)cc2)c(-c2ccc(N(C)C)cc2)[nH]1)c1ccccc1. The number of amides is 1. The minimum Gasteiger partial charge on any atom is -0.449 e. The molecule has 0 unspecified atom stereocenters. The van der Waals surface area contributed by atoms with Crippen LogP contribution >= 0.6 is 11.8 Å². The summed E-state index contributed by atoms with van der Waals surface area (Å²) in [4.78, 5) is 27.6. The van der Waals surface area contributed by atoms with Crippen LogP contribution in [0.5, 0.6) is 0 Å². The summed E-state index contributed by atoms with van der Waals surface area (Å²) in [6.45, 7) is 3.34. The predicted octanol–water partition coefficient (Wildman–Crippen LogP) is 9.75. The van der Waals surface area contributed by atoms with E-state index in [0.717, 1.165) is 82.6 Å². The first-order valence-electron chi connectivity index (χ1n) is 16.6. The molecule has 246 valence electrons. The number of hydrogen-bond acceptors (Lipinski definition) is 6. The van der Waals surface area contributed by atoms with Crippen LogP contribution in [-0.4, -0.2) is 63.2 Å². The Hall–Kier alpha value is -3.91. The number of H-pyrrole nitrogens is 1. The van der Waals surface area contributed by atoms with Gasteiger partial charge in [0.25, 0.3) is 0 Å². The minimum atomic E-state index is -0.246. The Bertz CT molecular complexity index is 1380. The molecular formula is C38H51N5O2S. The molecule has 0 atom stereocenters. The average molecular weight is 642 g/mol. The second-order valence-electron chi connectivity index (χ2n) is 12.1. The fraction of sp³-hybridized carbons (Fsp3) is 0.421. The fourth-order valence-corrected chi connectivity index (χ4v) is 6.15. The summed E-state index contributed by atoms with van der Waals surface area (Å²) in [5.74, 6) is 0.938. The molecule has 4 aromatic rings. The van der Waals surface area contributed by atoms with E-state index in [0.29, 0.717) is 13.2 Å². The second kappa shape index (κ2) is 18.3. The van der Waals surface area contributed by atoms with Crippen molar-refractivity contribution in [3.05, 3.63) is 78.9 Å². The number of hydrogen-bond donors (Lipinski definition) is 1. The van der Waals surface area contributed by atoms with E-state index in [9.17, 15) is 4.79 Å². The van der Waals surface area contributed by atoms with Gasteiger partial charge in [0.05, 0.1) is 18.0 Å². The standard InChI is InChI=1S/C38H51N5O2S/c1-6-7-8-9-14-27-43(34-17-12-10-13-18-34)38(44)45-28-15-11-16-29-46-37-39-35(30-19-23-32(24-20-30)41(2)3)36(40-37)31-21-25-33(26-22-31)42(4)5/h10,12-13,17-26H,6-9,11,14-16,27-29H2,1-5H3,(H,39,40). The summed E-state index contributed by atoms with van der Waals surface area (Å²) in [6.07, 6.45) is 8.38. The van der Waals surface area contributed by atoms with Gasteiger partial charge in [-0.2, -0.15) is 0 Å². The molecule has 7 nitrogen and oxygen atoms in total. The summed E-state index contributed by atoms with van der Waals surface area (Å²) in [5.41, 5.74) is 7.43. The lowest BCUT2D eigenvalue weighted by atomic mass is 10.0. The number of anilines is 3. The zero-order valence-corrected chi connectivity index (χ0v) is 29.1. The third-order valence-corrected chi connectivity index (χ3v) is 9.00. The lowest BCUT2D eigenvalue weighted by Crippen LogP contribution is -2.32. The monoisotopic (exact) mass is 641 g/mol. The number of thioether (sulfide) groups is 1. The van der Waals surface area contributed by atoms with Gasteiger partial charge >= 0.3 is 6.09 Å². The number of rotatable bonds is 18. The van der Waals surface area contributed by atoms with Gasteiger partial charge in [0.2, 0.25) is 0 Å². The predicted molar refractivity (Wildman–Crippen MR) is 197 cm³/mol. The van der Waals surface area contributed by atoms with Crippen LogP contribution in [0.25, 0.3) is 22.5 Å². The molecule has 1 aromatic heterocycles. The van der Waals surface area contributed by atoms with Crippen molar-refractivity contribution in [2.75, 3.05) is 61.8 Å². The Morgan fingerprint density at radius 1 is 0.717 bits per heavy atom. The molecule has 0 bridgehead atoms. The molecule has 0 saturated carbocycles. The molecule has 46 heavy (non-hydrogen) atoms. The van der Waals surface area contributed by atoms with Crippen molar-refractivity contribution in [1.82, 2.24) is 9.97 Å². The van der Waals surface area contributed by atoms with E-state index in [1.54, 1.807) is 16.7 Å². The second-order valence-corrected chi connectivity index (χ2v) is 13.2. The molecule has 3 aromatic carbocycles. The summed E-state index contributed by atoms with van der Waals surface area (Å²) < 4.78 is 5.72. The van der Waals surface area contributed by atoms with Crippen molar-refractivity contribution in [3.8, 4) is 22.5 Å². The number of aromatic amines is 1. The highest BCUT2D eigenvalue weighted by molar-refractivity contribution is 7.99. The molecule has 0 saturated heterocycles. The van der Waals surface area contributed by atoms with E-state index >= 15 is 0 Å². The number of nitrogens with zero attached hydrogens (tertiary/aromatic N) is 4. The molecule has 0 spiro atoms. The van der Waals surface area contributed by atoms with Crippen LogP contribution in [0.15, 0.2) is 84.0 Å². The van der Waals surface area contributed by atoms with Gasteiger partial charge in [-0.25, -0.2) is 9.78 Å². The van der Waals surface area contributed by atoms with Crippen molar-refractivity contribution in [2.24, 2.45) is 0 Å². The van der Waals surface area contributed by atoms with E-state index in [2.05, 4.69) is 98.4 Å². The maximum absolute atomic E-state index is 13.0. The number of nitrogens with one attached hydrogen (secondary N) is 1. The van der Waals surface area contributed by atoms with Crippen molar-refractivity contribution in [1.29, 1.82) is 0 Å². The highest BCUT2D eigenvalue weighted by atomic mass is 32.2. The van der Waals surface area contributed by atoms with Gasteiger partial charge in [-0.3, -0.25) is 4.90 Å². The summed E-state index contributed by atoms with van der Waals surface area (Å²) in [7, 11) is 8.21. The molecule has 1 heterocycles. The van der Waals surface area contributed by atoms with Gasteiger partial charge < -0.3 is 19.5 Å². The smallest absolute Gasteiger partial charge is 0.414 e. The van der Waals surface area contributed by atoms with E-state index in [1.807, 2.05) is 30.3 Å². The summed E-state index contributed by atoms with van der Waals surface area (Å²) in [6, 6.07) is 27.0. The molecule has 0 radical (unpaired) electrons. The van der Waals surface area contributed by atoms with Crippen LogP contribution in [0.4, 0.5) is 21.9 Å². The lowest BCUT2D eigenvalue weighted by Gasteiger charge is -2.22. The zero-order chi connectivity index (χ0) is 32.7. The number of carbonyl (C=O) groups excluding carboxylic acids is 1. The van der Waals surface area contributed by atoms with Crippen molar-refractivity contribution < 1.29 is 9.53 Å². The largest absolute Gasteiger partial charge is 0.449 e. The number of aromatic nitrogens is 2. The molecule has 0 aliphatic rings. The molecule has 0 aliphatic carbocycles. The van der Waals surface area contributed by atoms with Gasteiger partial charge in [-0.05, 0) is 62.1 Å². The van der Waals surface area contributed by atoms with Crippen LogP contribution in [0.1, 0.15) is 58.3 Å². The summed E-state index contributed by atoms with van der Waals surface area (Å²) >= 11 is 1.74. The Morgan fingerprint density at radius 2 is 1.33 bits per heavy atom. The number of benzene rings is 3. The lowest BCUT2D eigenvalue weighted by molar-refractivity contribution is 0.151. The third-order valence-electron chi connectivity index (χ3n) is 8.04. The molecule has 1 amide bonds. The first-order valence-corrected chi connectivity index (χ1v) is 17.6. The highest BCUT2D eigenvalue weighted by Crippen LogP contribution is 2.34. The van der Waals surface area contributed by atoms with E-state index in [4.69, 9.17) is 9.72 Å². The normalized spacial score (nSPS) is 11.0. The summed E-state index contributed by atoms with van der Waals surface area (Å²) in [5, 5.41) is 0.919. The van der Waals surface area contributed by atoms with Crippen LogP contribution < -0.4 is 14.7 Å². The Labute approximate surface area is 280 Å². The molecule has 4 rings (SSSR count). The number of unbranched alkanes of at least 4 members (excludes halogenated alkanes) is 6. The fourth-order valence-electron chi connectivity index (χ4n) is 5.28. The number of para-hydroxylation sites is 1. The van der Waals surface area contributed by atoms with Crippen LogP contribution in [0.3, 0.4) is 0 Å². The van der Waals surface area contributed by atoms with Gasteiger partial charge in [0.15, 0.2) is 5.16 Å². The third kappa shape index (κ3) is 10.3. The van der Waals surface area contributed by atoms with Crippen LogP contribution in [0.2, 0.25) is 0 Å². The first kappa shape index (κ1) is 35.0. The van der Waals surface area contributed by atoms with Gasteiger partial charge in [-0.1, -0.05) is 86.8 Å².